The molecule has 1 aromatic heterocycles. The summed E-state index contributed by atoms with van der Waals surface area (Å²) >= 11 is 0. The molecular weight excluding hydrogens is 415 g/mol. The summed E-state index contributed by atoms with van der Waals surface area (Å²) in [4.78, 5) is 25.1. The number of aromatic amines is 1. The topological polar surface area (TPSA) is 52.2 Å². The monoisotopic (exact) mass is 446 g/mol. The highest BCUT2D eigenvalue weighted by molar-refractivity contribution is 5.97. The number of hydrogen-bond acceptors (Lipinski definition) is 3. The molecule has 3 aromatic carbocycles. The Balaban J connectivity index is 0.00000105. The molecule has 6 heteroatoms. The van der Waals surface area contributed by atoms with Gasteiger partial charge in [-0.3, -0.25) is 9.69 Å². The minimum atomic E-state index is -0.177. The first-order valence-corrected chi connectivity index (χ1v) is 11.5. The van der Waals surface area contributed by atoms with Crippen LogP contribution in [0.2, 0.25) is 0 Å². The molecular formula is C27H31FN4O. The summed E-state index contributed by atoms with van der Waals surface area (Å²) in [7, 11) is 0. The number of benzene rings is 3. The molecule has 2 heterocycles. The summed E-state index contributed by atoms with van der Waals surface area (Å²) in [6.07, 6.45) is 0. The average molecular weight is 447 g/mol. The molecule has 33 heavy (non-hydrogen) atoms. The minimum Gasteiger partial charge on any atom is -0.338 e. The maximum absolute atomic E-state index is 13.9. The van der Waals surface area contributed by atoms with Gasteiger partial charge >= 0.3 is 0 Å². The number of halogens is 1. The zero-order valence-corrected chi connectivity index (χ0v) is 19.1. The lowest BCUT2D eigenvalue weighted by Gasteiger charge is -2.34. The summed E-state index contributed by atoms with van der Waals surface area (Å²) in [6, 6.07) is 22.4. The predicted octanol–water partition coefficient (Wildman–Crippen LogP) is 5.60. The Bertz CT molecular complexity index is 1220. The number of piperazine rings is 1. The second kappa shape index (κ2) is 10.4. The molecule has 5 nitrogen and oxygen atoms in total. The van der Waals surface area contributed by atoms with Gasteiger partial charge in [-0.2, -0.15) is 0 Å². The molecule has 0 unspecified atom stereocenters. The van der Waals surface area contributed by atoms with Crippen molar-refractivity contribution in [3.05, 3.63) is 89.7 Å². The van der Waals surface area contributed by atoms with E-state index in [0.717, 1.165) is 35.5 Å². The van der Waals surface area contributed by atoms with Crippen LogP contribution in [0.4, 0.5) is 4.39 Å². The zero-order valence-electron chi connectivity index (χ0n) is 19.1. The van der Waals surface area contributed by atoms with E-state index in [1.54, 1.807) is 6.07 Å². The molecule has 1 saturated heterocycles. The molecule has 0 saturated carbocycles. The molecule has 1 fully saturated rings. The second-order valence-electron chi connectivity index (χ2n) is 7.84. The Hall–Kier alpha value is -3.51. The molecule has 172 valence electrons. The summed E-state index contributed by atoms with van der Waals surface area (Å²) in [5.74, 6) is 0.633. The molecule has 4 aromatic rings. The van der Waals surface area contributed by atoms with Crippen LogP contribution >= 0.6 is 0 Å². The van der Waals surface area contributed by atoms with Crippen LogP contribution < -0.4 is 0 Å². The van der Waals surface area contributed by atoms with Crippen molar-refractivity contribution >= 4 is 16.9 Å². The molecule has 0 aliphatic carbocycles. The lowest BCUT2D eigenvalue weighted by molar-refractivity contribution is 0.0627. The van der Waals surface area contributed by atoms with E-state index in [4.69, 9.17) is 0 Å². The van der Waals surface area contributed by atoms with Gasteiger partial charge in [-0.1, -0.05) is 62.4 Å². The number of amides is 1. The Morgan fingerprint density at radius 3 is 2.39 bits per heavy atom. The number of nitrogens with one attached hydrogen (secondary N) is 1. The third-order valence-corrected chi connectivity index (χ3v) is 5.79. The first kappa shape index (κ1) is 22.7. The molecule has 1 N–H and O–H groups in total. The fourth-order valence-electron chi connectivity index (χ4n) is 4.03. The lowest BCUT2D eigenvalue weighted by atomic mass is 10.1. The van der Waals surface area contributed by atoms with Crippen molar-refractivity contribution in [2.75, 3.05) is 26.2 Å². The summed E-state index contributed by atoms with van der Waals surface area (Å²) in [5, 5.41) is 0. The smallest absolute Gasteiger partial charge is 0.254 e. The van der Waals surface area contributed by atoms with Crippen LogP contribution in [-0.2, 0) is 6.54 Å². The van der Waals surface area contributed by atoms with Crippen molar-refractivity contribution in [1.29, 1.82) is 0 Å². The summed E-state index contributed by atoms with van der Waals surface area (Å²) in [6.45, 7) is 7.28. The Kier molecular flexibility index (Phi) is 7.15. The molecule has 1 aliphatic rings. The molecule has 1 aliphatic heterocycles. The number of carbonyl (C=O) groups excluding carboxylic acids is 1. The van der Waals surface area contributed by atoms with Crippen LogP contribution in [0.25, 0.3) is 22.4 Å². The van der Waals surface area contributed by atoms with E-state index in [1.165, 1.54) is 6.07 Å². The second-order valence-corrected chi connectivity index (χ2v) is 7.84. The molecule has 0 radical (unpaired) electrons. The van der Waals surface area contributed by atoms with E-state index in [9.17, 15) is 9.18 Å². The van der Waals surface area contributed by atoms with Gasteiger partial charge in [0.2, 0.25) is 0 Å². The molecule has 0 bridgehead atoms. The van der Waals surface area contributed by atoms with E-state index in [-0.39, 0.29) is 13.2 Å². The van der Waals surface area contributed by atoms with Crippen LogP contribution in [-0.4, -0.2) is 51.9 Å². The Morgan fingerprint density at radius 2 is 1.67 bits per heavy atom. The normalized spacial score (nSPS) is 14.1. The van der Waals surface area contributed by atoms with Gasteiger partial charge in [0.1, 0.15) is 11.6 Å². The number of carbonyl (C=O) groups is 1. The van der Waals surface area contributed by atoms with E-state index >= 15 is 0 Å². The van der Waals surface area contributed by atoms with E-state index in [1.807, 2.05) is 79.4 Å². The van der Waals surface area contributed by atoms with Gasteiger partial charge < -0.3 is 9.88 Å². The minimum absolute atomic E-state index is 0. The zero-order chi connectivity index (χ0) is 23.2. The fourth-order valence-corrected chi connectivity index (χ4v) is 4.03. The van der Waals surface area contributed by atoms with Crippen LogP contribution in [0.15, 0.2) is 72.8 Å². The van der Waals surface area contributed by atoms with Gasteiger partial charge in [0.15, 0.2) is 0 Å². The van der Waals surface area contributed by atoms with Crippen molar-refractivity contribution in [2.24, 2.45) is 0 Å². The largest absolute Gasteiger partial charge is 0.338 e. The third-order valence-electron chi connectivity index (χ3n) is 5.79. The van der Waals surface area contributed by atoms with E-state index < -0.39 is 0 Å². The summed E-state index contributed by atoms with van der Waals surface area (Å²) < 4.78 is 13.9. The van der Waals surface area contributed by atoms with Gasteiger partial charge in [-0.05, 0) is 24.3 Å². The quantitative estimate of drug-likeness (QED) is 0.444. The van der Waals surface area contributed by atoms with Crippen molar-refractivity contribution < 1.29 is 10.6 Å². The van der Waals surface area contributed by atoms with Gasteiger partial charge in [-0.25, -0.2) is 9.37 Å². The number of hydrogen-bond donors (Lipinski definition) is 1. The van der Waals surface area contributed by atoms with Crippen molar-refractivity contribution in [3.8, 4) is 11.4 Å². The van der Waals surface area contributed by atoms with Gasteiger partial charge in [-0.15, -0.1) is 0 Å². The predicted molar refractivity (Wildman–Crippen MR) is 133 cm³/mol. The first-order valence-electron chi connectivity index (χ1n) is 11.5. The highest BCUT2D eigenvalue weighted by Crippen LogP contribution is 2.22. The van der Waals surface area contributed by atoms with Gasteiger partial charge in [0.25, 0.3) is 5.91 Å². The van der Waals surface area contributed by atoms with Crippen molar-refractivity contribution in [3.63, 3.8) is 0 Å². The SMILES string of the molecule is CC.O=C(c1ccc2nc(-c3ccccc3)[nH]c2c1)N1CCN(Cc2ccccc2F)CC1.[HH]. The van der Waals surface area contributed by atoms with Crippen LogP contribution in [0.3, 0.4) is 0 Å². The lowest BCUT2D eigenvalue weighted by Crippen LogP contribution is -2.48. The Labute approximate surface area is 195 Å². The summed E-state index contributed by atoms with van der Waals surface area (Å²) in [5.41, 5.74) is 4.05. The highest BCUT2D eigenvalue weighted by Gasteiger charge is 2.23. The van der Waals surface area contributed by atoms with Crippen LogP contribution in [0.5, 0.6) is 0 Å². The molecule has 0 spiro atoms. The number of H-pyrrole nitrogens is 1. The maximum Gasteiger partial charge on any atom is 0.254 e. The van der Waals surface area contributed by atoms with E-state index in [2.05, 4.69) is 14.9 Å². The molecule has 0 atom stereocenters. The molecule has 1 amide bonds. The third kappa shape index (κ3) is 5.12. The van der Waals surface area contributed by atoms with Crippen molar-refractivity contribution in [1.82, 2.24) is 19.8 Å². The maximum atomic E-state index is 13.9. The molecule has 5 rings (SSSR count). The van der Waals surface area contributed by atoms with E-state index in [0.29, 0.717) is 30.8 Å². The van der Waals surface area contributed by atoms with Crippen molar-refractivity contribution in [2.45, 2.75) is 20.4 Å². The van der Waals surface area contributed by atoms with Crippen LogP contribution in [0, 0.1) is 5.82 Å². The number of fused-ring (bicyclic) bond motifs is 1. The number of aromatic nitrogens is 2. The van der Waals surface area contributed by atoms with Gasteiger partial charge in [0, 0.05) is 50.8 Å². The van der Waals surface area contributed by atoms with Crippen LogP contribution in [0.1, 0.15) is 31.2 Å². The van der Waals surface area contributed by atoms with Gasteiger partial charge in [0.05, 0.1) is 11.0 Å². The highest BCUT2D eigenvalue weighted by atomic mass is 19.1. The standard InChI is InChI=1S/C25H23FN4O.C2H6.H2/c26-21-9-5-4-8-20(21)17-29-12-14-30(15-13-29)25(31)19-10-11-22-23(16-19)28-24(27-22)18-6-2-1-3-7-18;1-2;/h1-11,16H,12-15,17H2,(H,27,28);1-2H3;1H. The number of imidazole rings is 1. The first-order chi connectivity index (χ1) is 16.2. The number of nitrogens with zero attached hydrogens (tertiary/aromatic N) is 3. The fraction of sp³-hybridized carbons (Fsp3) is 0.259. The average Bonchev–Trinajstić information content (AvgIpc) is 3.31. The Morgan fingerprint density at radius 1 is 0.970 bits per heavy atom. The number of rotatable bonds is 4.